The Morgan fingerprint density at radius 3 is 2.21 bits per heavy atom. The van der Waals surface area contributed by atoms with Gasteiger partial charge in [0.1, 0.15) is 23.4 Å². The van der Waals surface area contributed by atoms with Gasteiger partial charge in [0.05, 0.1) is 41.2 Å². The van der Waals surface area contributed by atoms with Crippen molar-refractivity contribution in [1.29, 1.82) is 0 Å². The van der Waals surface area contributed by atoms with Gasteiger partial charge in [-0.05, 0) is 19.9 Å². The Bertz CT molecular complexity index is 2010. The first kappa shape index (κ1) is 45.5. The molecule has 3 heterocycles. The molecule has 16 heteroatoms. The molecule has 5 rings (SSSR count). The Kier molecular flexibility index (Phi) is 14.3. The summed E-state index contributed by atoms with van der Waals surface area (Å²) in [6, 6.07) is 1.25. The van der Waals surface area contributed by atoms with Crippen molar-refractivity contribution in [3.05, 3.63) is 53.3 Å². The minimum atomic E-state index is -2.03. The first-order chi connectivity index (χ1) is 27.1. The number of nitrogens with zero attached hydrogens (tertiary/aromatic N) is 2. The zero-order valence-corrected chi connectivity index (χ0v) is 35.1. The maximum Gasteiger partial charge on any atom is 0.312 e. The number of hydrogen-bond donors (Lipinski definition) is 5. The second-order valence-corrected chi connectivity index (χ2v) is 15.5. The van der Waals surface area contributed by atoms with Crippen molar-refractivity contribution in [2.75, 3.05) is 40.2 Å². The topological polar surface area (TPSA) is 214 Å². The first-order valence-corrected chi connectivity index (χ1v) is 19.0. The average molecular weight is 812 g/mol. The number of esters is 1. The number of methoxy groups -OCH3 is 1. The highest BCUT2D eigenvalue weighted by Crippen LogP contribution is 2.54. The van der Waals surface area contributed by atoms with Crippen LogP contribution in [0.3, 0.4) is 0 Å². The Labute approximate surface area is 338 Å². The molecule has 0 spiro atoms. The number of benzene rings is 2. The van der Waals surface area contributed by atoms with E-state index in [9.17, 15) is 39.6 Å². The number of nitrogens with one attached hydrogen (secondary N) is 1. The van der Waals surface area contributed by atoms with Gasteiger partial charge in [0.25, 0.3) is 17.6 Å². The number of aliphatic hydroxyl groups excluding tert-OH is 2. The van der Waals surface area contributed by atoms with Crippen LogP contribution in [-0.4, -0.2) is 119 Å². The highest BCUT2D eigenvalue weighted by molar-refractivity contribution is 6.21. The number of anilines is 1. The number of rotatable bonds is 6. The molecule has 0 saturated carbocycles. The van der Waals surface area contributed by atoms with E-state index in [-0.39, 0.29) is 44.7 Å². The largest absolute Gasteiger partial charge is 0.507 e. The Hall–Kier alpha value is -5.16. The number of fused-ring (bicyclic) bond motifs is 14. The number of carbonyl (C=O) groups is 4. The predicted molar refractivity (Wildman–Crippen MR) is 214 cm³/mol. The SMILES string of the molecule is CO[C@H]1/C=C/O[C@@]2(C)Oc3c(C)c(O)c4c(O)c(cc(OCC(=O)N(C)N(C)C)c4c3C2=O)NC(=O)/C(C)=C\C=C\[C@@H](C)[C@@H](O)[C@@H](C)[C@H](O)[C@@H](C)[C@H](OC(C)=O)[C@@H]1C. The lowest BCUT2D eigenvalue weighted by molar-refractivity contribution is -0.160. The Balaban J connectivity index is 1.94. The molecule has 2 aromatic carbocycles. The fourth-order valence-corrected chi connectivity index (χ4v) is 7.20. The molecule has 0 aliphatic carbocycles. The number of carbonyl (C=O) groups excluding carboxylic acids is 4. The summed E-state index contributed by atoms with van der Waals surface area (Å²) in [6.45, 7) is 12.0. The number of amides is 2. The number of hydrogen-bond acceptors (Lipinski definition) is 14. The van der Waals surface area contributed by atoms with E-state index >= 15 is 0 Å². The zero-order valence-electron chi connectivity index (χ0n) is 35.1. The van der Waals surface area contributed by atoms with Crippen LogP contribution in [0.1, 0.15) is 64.4 Å². The van der Waals surface area contributed by atoms with Crippen LogP contribution in [0, 0.1) is 30.6 Å². The van der Waals surface area contributed by atoms with E-state index in [2.05, 4.69) is 5.32 Å². The highest BCUT2D eigenvalue weighted by atomic mass is 16.7. The van der Waals surface area contributed by atoms with Gasteiger partial charge in [0.2, 0.25) is 0 Å². The molecule has 3 aliphatic heterocycles. The van der Waals surface area contributed by atoms with Crippen LogP contribution in [0.15, 0.2) is 42.2 Å². The van der Waals surface area contributed by atoms with E-state index in [1.807, 2.05) is 0 Å². The third kappa shape index (κ3) is 9.09. The number of Topliss-reactive ketones (excluding diaryl/α,β-unsaturated/α-hetero) is 1. The first-order valence-electron chi connectivity index (χ1n) is 19.0. The predicted octanol–water partition coefficient (Wildman–Crippen LogP) is 4.36. The number of aliphatic hydroxyl groups is 2. The summed E-state index contributed by atoms with van der Waals surface area (Å²) in [5.41, 5.74) is -0.0581. The molecule has 0 radical (unpaired) electrons. The van der Waals surface area contributed by atoms with Gasteiger partial charge in [-0.15, -0.1) is 0 Å². The average Bonchev–Trinajstić information content (AvgIpc) is 3.44. The van der Waals surface area contributed by atoms with Crippen LogP contribution in [-0.2, 0) is 28.6 Å². The lowest BCUT2D eigenvalue weighted by atomic mass is 9.78. The summed E-state index contributed by atoms with van der Waals surface area (Å²) in [5, 5.41) is 51.1. The minimum Gasteiger partial charge on any atom is -0.507 e. The van der Waals surface area contributed by atoms with E-state index in [0.29, 0.717) is 0 Å². The van der Waals surface area contributed by atoms with Crippen molar-refractivity contribution in [3.63, 3.8) is 0 Å². The summed E-state index contributed by atoms with van der Waals surface area (Å²) in [5.74, 6) is -8.24. The second kappa shape index (κ2) is 18.2. The van der Waals surface area contributed by atoms with Crippen LogP contribution in [0.2, 0.25) is 0 Å². The standard InChI is InChI=1S/C42H57N3O13/c1-20-14-13-15-21(2)41(53)43-27-18-29(55-19-30(47)45(11)44(9)10)31-32(37(27)51)36(50)25(6)39-33(31)40(52)42(8,58-39)56-17-16-28(54-12)22(3)38(57-26(7)46)24(5)35(49)23(4)34(20)48/h13-18,20,22-24,28,34-35,38,48-51H,19H2,1-12H3,(H,43,53)/b14-13+,17-16+,21-15-/t20-,22-,23-,24-,28+,34-,35+,38-,42+/m1/s1. The van der Waals surface area contributed by atoms with Gasteiger partial charge in [0.15, 0.2) is 12.4 Å². The van der Waals surface area contributed by atoms with Gasteiger partial charge in [-0.25, -0.2) is 5.01 Å². The van der Waals surface area contributed by atoms with Gasteiger partial charge < -0.3 is 49.4 Å². The van der Waals surface area contributed by atoms with Gasteiger partial charge in [0, 0.05) is 88.4 Å². The van der Waals surface area contributed by atoms with Crippen molar-refractivity contribution >= 4 is 40.0 Å². The molecule has 0 aromatic heterocycles. The van der Waals surface area contributed by atoms with Gasteiger partial charge in [-0.2, -0.15) is 0 Å². The van der Waals surface area contributed by atoms with E-state index in [0.717, 1.165) is 0 Å². The van der Waals surface area contributed by atoms with E-state index in [1.165, 1.54) is 76.4 Å². The number of ketones is 1. The molecule has 2 aromatic rings. The van der Waals surface area contributed by atoms with Crippen molar-refractivity contribution in [3.8, 4) is 23.0 Å². The molecule has 58 heavy (non-hydrogen) atoms. The van der Waals surface area contributed by atoms with Crippen LogP contribution < -0.4 is 14.8 Å². The molecular formula is C42H57N3O13. The molecule has 5 N–H and O–H groups in total. The summed E-state index contributed by atoms with van der Waals surface area (Å²) in [4.78, 5) is 53.3. The van der Waals surface area contributed by atoms with Gasteiger partial charge in [-0.3, -0.25) is 24.2 Å². The number of allylic oxidation sites excluding steroid dienone is 2. The van der Waals surface area contributed by atoms with Crippen molar-refractivity contribution in [1.82, 2.24) is 10.0 Å². The number of hydrazine groups is 1. The lowest BCUT2D eigenvalue weighted by Gasteiger charge is -2.38. The van der Waals surface area contributed by atoms with E-state index in [4.69, 9.17) is 23.7 Å². The Morgan fingerprint density at radius 2 is 1.60 bits per heavy atom. The van der Waals surface area contributed by atoms with Gasteiger partial charge in [-0.1, -0.05) is 45.9 Å². The maximum absolute atomic E-state index is 14.4. The normalized spacial score (nSPS) is 30.2. The summed E-state index contributed by atoms with van der Waals surface area (Å²) < 4.78 is 29.6. The van der Waals surface area contributed by atoms with Crippen molar-refractivity contribution < 1.29 is 63.3 Å². The van der Waals surface area contributed by atoms with Crippen molar-refractivity contribution in [2.45, 2.75) is 85.6 Å². The summed E-state index contributed by atoms with van der Waals surface area (Å²) in [7, 11) is 6.27. The van der Waals surface area contributed by atoms with Crippen LogP contribution in [0.4, 0.5) is 5.69 Å². The fraction of sp³-hybridized carbons (Fsp3) is 0.524. The lowest BCUT2D eigenvalue weighted by Crippen LogP contribution is -2.46. The molecule has 9 atom stereocenters. The van der Waals surface area contributed by atoms with Crippen LogP contribution in [0.5, 0.6) is 23.0 Å². The number of likely N-dealkylation sites (N-methyl/N-ethyl adjacent to an activating group) is 1. The third-order valence-electron chi connectivity index (χ3n) is 11.1. The molecule has 16 nitrogen and oxygen atoms in total. The number of phenolic OH excluding ortho intramolecular Hbond substituents is 2. The fourth-order valence-electron chi connectivity index (χ4n) is 7.20. The number of aromatic hydroxyl groups is 2. The molecule has 3 aliphatic rings. The molecule has 0 saturated heterocycles. The highest BCUT2D eigenvalue weighted by Gasteiger charge is 2.49. The minimum absolute atomic E-state index is 0.0673. The van der Waals surface area contributed by atoms with E-state index in [1.54, 1.807) is 53.9 Å². The molecule has 0 fully saturated rings. The maximum atomic E-state index is 14.4. The number of ether oxygens (including phenoxy) is 5. The second-order valence-electron chi connectivity index (χ2n) is 15.5. The smallest absolute Gasteiger partial charge is 0.312 e. The third-order valence-corrected chi connectivity index (χ3v) is 11.1. The monoisotopic (exact) mass is 811 g/mol. The summed E-state index contributed by atoms with van der Waals surface area (Å²) in [6.07, 6.45) is 3.55. The van der Waals surface area contributed by atoms with Crippen LogP contribution >= 0.6 is 0 Å². The molecule has 318 valence electrons. The van der Waals surface area contributed by atoms with E-state index < -0.39 is 95.5 Å². The molecular weight excluding hydrogens is 754 g/mol. The van der Waals surface area contributed by atoms with Crippen LogP contribution in [0.25, 0.3) is 10.8 Å². The van der Waals surface area contributed by atoms with Crippen molar-refractivity contribution in [2.24, 2.45) is 23.7 Å². The molecule has 2 amide bonds. The summed E-state index contributed by atoms with van der Waals surface area (Å²) >= 11 is 0. The molecule has 5 bridgehead atoms. The number of phenols is 2. The van der Waals surface area contributed by atoms with Gasteiger partial charge >= 0.3 is 11.8 Å². The molecule has 0 unspecified atom stereocenters. The quantitative estimate of drug-likeness (QED) is 0.156. The zero-order chi connectivity index (χ0) is 43.5. The Morgan fingerprint density at radius 1 is 0.948 bits per heavy atom.